The fraction of sp³-hybridized carbons (Fsp3) is 1.00. The summed E-state index contributed by atoms with van der Waals surface area (Å²) in [5.74, 6) is 0. The summed E-state index contributed by atoms with van der Waals surface area (Å²) < 4.78 is 12.4. The van der Waals surface area contributed by atoms with Crippen molar-refractivity contribution in [3.05, 3.63) is 0 Å². The van der Waals surface area contributed by atoms with E-state index in [1.807, 2.05) is 14.2 Å². The molecule has 0 atom stereocenters. The summed E-state index contributed by atoms with van der Waals surface area (Å²) in [4.78, 5) is 0. The average Bonchev–Trinajstić information content (AvgIpc) is 2.44. The van der Waals surface area contributed by atoms with Gasteiger partial charge in [-0.2, -0.15) is 0 Å². The zero-order valence-corrected chi connectivity index (χ0v) is 16.1. The van der Waals surface area contributed by atoms with E-state index in [0.29, 0.717) is 10.8 Å². The zero-order valence-electron chi connectivity index (χ0n) is 15.1. The van der Waals surface area contributed by atoms with Crippen LogP contribution in [0.5, 0.6) is 0 Å². The number of rotatable bonds is 8. The van der Waals surface area contributed by atoms with Crippen LogP contribution >= 0.6 is 0 Å². The summed E-state index contributed by atoms with van der Waals surface area (Å²) in [7, 11) is 1.82. The summed E-state index contributed by atoms with van der Waals surface area (Å²) in [6.45, 7) is 9.41. The minimum Gasteiger partial charge on any atom is -0.397 e. The molecule has 0 aromatic rings. The van der Waals surface area contributed by atoms with E-state index in [1.54, 1.807) is 0 Å². The smallest absolute Gasteiger partial charge is 0.344 e. The first-order valence-electron chi connectivity index (χ1n) is 9.09. The third kappa shape index (κ3) is 2.64. The van der Waals surface area contributed by atoms with Gasteiger partial charge < -0.3 is 8.85 Å². The van der Waals surface area contributed by atoms with Gasteiger partial charge >= 0.3 is 8.56 Å². The Balaban J connectivity index is 2.06. The Morgan fingerprint density at radius 1 is 0.714 bits per heavy atom. The summed E-state index contributed by atoms with van der Waals surface area (Å²) in [5, 5.41) is 0. The Kier molecular flexibility index (Phi) is 5.27. The molecule has 2 aliphatic carbocycles. The molecule has 0 heterocycles. The topological polar surface area (TPSA) is 18.5 Å². The molecule has 0 saturated heterocycles. The minimum atomic E-state index is -2.02. The molecule has 2 fully saturated rings. The maximum absolute atomic E-state index is 6.18. The average molecular weight is 313 g/mol. The summed E-state index contributed by atoms with van der Waals surface area (Å²) >= 11 is 0. The zero-order chi connectivity index (χ0) is 15.7. The predicted molar refractivity (Wildman–Crippen MR) is 91.8 cm³/mol. The van der Waals surface area contributed by atoms with Crippen LogP contribution in [0.2, 0.25) is 11.1 Å². The second-order valence-electron chi connectivity index (χ2n) is 7.75. The lowest BCUT2D eigenvalue weighted by molar-refractivity contribution is 0.0458. The fourth-order valence-electron chi connectivity index (χ4n) is 5.28. The first-order chi connectivity index (χ1) is 9.99. The monoisotopic (exact) mass is 312 g/mol. The Bertz CT molecular complexity index is 297. The fourth-order valence-corrected chi connectivity index (χ4v) is 10.3. The molecule has 3 heteroatoms. The van der Waals surface area contributed by atoms with Crippen LogP contribution in [0.3, 0.4) is 0 Å². The normalized spacial score (nSPS) is 25.4. The Labute approximate surface area is 133 Å². The van der Waals surface area contributed by atoms with Gasteiger partial charge in [0.1, 0.15) is 0 Å². The van der Waals surface area contributed by atoms with Crippen molar-refractivity contribution in [3.8, 4) is 0 Å². The van der Waals surface area contributed by atoms with Gasteiger partial charge in [-0.3, -0.25) is 0 Å². The molecule has 0 radical (unpaired) electrons. The molecule has 0 bridgehead atoms. The highest BCUT2D eigenvalue weighted by Gasteiger charge is 2.63. The number of hydrogen-bond donors (Lipinski definition) is 0. The second-order valence-corrected chi connectivity index (χ2v) is 11.6. The molecule has 124 valence electrons. The SMILES string of the molecule is CCC1(CC)CC([Si](OC)(OC)C2CC(CC)(CC)C2)C1. The third-order valence-corrected chi connectivity index (χ3v) is 11.9. The summed E-state index contributed by atoms with van der Waals surface area (Å²) in [5.41, 5.74) is 2.64. The van der Waals surface area contributed by atoms with Gasteiger partial charge in [-0.25, -0.2) is 0 Å². The first-order valence-corrected chi connectivity index (χ1v) is 11.1. The van der Waals surface area contributed by atoms with Crippen LogP contribution in [0.1, 0.15) is 79.1 Å². The molecule has 0 unspecified atom stereocenters. The van der Waals surface area contributed by atoms with E-state index in [4.69, 9.17) is 8.85 Å². The van der Waals surface area contributed by atoms with E-state index in [2.05, 4.69) is 27.7 Å². The van der Waals surface area contributed by atoms with E-state index in [0.717, 1.165) is 11.1 Å². The molecular formula is C18H36O2Si. The highest BCUT2D eigenvalue weighted by molar-refractivity contribution is 6.71. The molecule has 2 nitrogen and oxygen atoms in total. The van der Waals surface area contributed by atoms with Gasteiger partial charge in [0.2, 0.25) is 0 Å². The molecule has 0 aliphatic heterocycles. The maximum atomic E-state index is 6.18. The van der Waals surface area contributed by atoms with Crippen molar-refractivity contribution in [1.82, 2.24) is 0 Å². The van der Waals surface area contributed by atoms with Crippen molar-refractivity contribution >= 4 is 8.56 Å². The van der Waals surface area contributed by atoms with E-state index in [1.165, 1.54) is 51.4 Å². The van der Waals surface area contributed by atoms with Gasteiger partial charge in [0.25, 0.3) is 0 Å². The molecule has 0 aromatic carbocycles. The second kappa shape index (κ2) is 6.33. The van der Waals surface area contributed by atoms with Gasteiger partial charge in [0.15, 0.2) is 0 Å². The van der Waals surface area contributed by atoms with Crippen molar-refractivity contribution in [1.29, 1.82) is 0 Å². The largest absolute Gasteiger partial charge is 0.397 e. The highest BCUT2D eigenvalue weighted by Crippen LogP contribution is 2.66. The Morgan fingerprint density at radius 2 is 1.00 bits per heavy atom. The van der Waals surface area contributed by atoms with Crippen molar-refractivity contribution in [2.45, 2.75) is 90.1 Å². The van der Waals surface area contributed by atoms with Crippen molar-refractivity contribution in [2.75, 3.05) is 14.2 Å². The molecule has 2 aliphatic rings. The lowest BCUT2D eigenvalue weighted by Gasteiger charge is -2.59. The predicted octanol–water partition coefficient (Wildman–Crippen LogP) is 5.66. The first kappa shape index (κ1) is 17.5. The van der Waals surface area contributed by atoms with Crippen LogP contribution in [0.4, 0.5) is 0 Å². The quantitative estimate of drug-likeness (QED) is 0.538. The molecular weight excluding hydrogens is 276 g/mol. The van der Waals surface area contributed by atoms with Gasteiger partial charge in [0.05, 0.1) is 0 Å². The van der Waals surface area contributed by atoms with Crippen molar-refractivity contribution in [2.24, 2.45) is 10.8 Å². The molecule has 0 spiro atoms. The van der Waals surface area contributed by atoms with Crippen LogP contribution < -0.4 is 0 Å². The summed E-state index contributed by atoms with van der Waals surface area (Å²) in [6.07, 6.45) is 10.6. The van der Waals surface area contributed by atoms with E-state index < -0.39 is 8.56 Å². The van der Waals surface area contributed by atoms with Gasteiger partial charge in [-0.1, -0.05) is 53.4 Å². The standard InChI is InChI=1S/C18H36O2Si/c1-7-17(8-2)11-15(12-17)21(19-5,20-6)16-13-18(9-3,10-4)14-16/h15-16H,7-14H2,1-6H3. The molecule has 0 N–H and O–H groups in total. The van der Waals surface area contributed by atoms with Gasteiger partial charge in [-0.05, 0) is 36.5 Å². The minimum absolute atomic E-state index is 0.594. The maximum Gasteiger partial charge on any atom is 0.344 e. The molecule has 2 rings (SSSR count). The molecule has 21 heavy (non-hydrogen) atoms. The van der Waals surface area contributed by atoms with Crippen LogP contribution in [0.15, 0.2) is 0 Å². The Morgan fingerprint density at radius 3 is 1.19 bits per heavy atom. The van der Waals surface area contributed by atoms with E-state index >= 15 is 0 Å². The van der Waals surface area contributed by atoms with E-state index in [9.17, 15) is 0 Å². The highest BCUT2D eigenvalue weighted by atomic mass is 28.4. The van der Waals surface area contributed by atoms with Gasteiger partial charge in [0, 0.05) is 25.3 Å². The summed E-state index contributed by atoms with van der Waals surface area (Å²) in [6, 6.07) is 0. The van der Waals surface area contributed by atoms with Crippen LogP contribution in [-0.4, -0.2) is 22.8 Å². The van der Waals surface area contributed by atoms with Crippen LogP contribution in [0, 0.1) is 10.8 Å². The van der Waals surface area contributed by atoms with Gasteiger partial charge in [-0.15, -0.1) is 0 Å². The van der Waals surface area contributed by atoms with Crippen LogP contribution in [-0.2, 0) is 8.85 Å². The molecule has 0 amide bonds. The van der Waals surface area contributed by atoms with Crippen molar-refractivity contribution in [3.63, 3.8) is 0 Å². The lowest BCUT2D eigenvalue weighted by atomic mass is 9.64. The third-order valence-electron chi connectivity index (χ3n) is 7.49. The Hall–Kier alpha value is 0.137. The van der Waals surface area contributed by atoms with Crippen molar-refractivity contribution < 1.29 is 8.85 Å². The van der Waals surface area contributed by atoms with E-state index in [-0.39, 0.29) is 0 Å². The molecule has 2 saturated carbocycles. The lowest BCUT2D eigenvalue weighted by Crippen LogP contribution is -2.60. The van der Waals surface area contributed by atoms with Crippen LogP contribution in [0.25, 0.3) is 0 Å². The molecule has 0 aromatic heterocycles. The number of hydrogen-bond acceptors (Lipinski definition) is 2.